The Morgan fingerprint density at radius 3 is 2.31 bits per heavy atom. The first-order chi connectivity index (χ1) is 16.9. The normalized spacial score (nSPS) is 18.1. The van der Waals surface area contributed by atoms with E-state index in [1.807, 2.05) is 0 Å². The van der Waals surface area contributed by atoms with Crippen molar-refractivity contribution in [3.63, 3.8) is 0 Å². The number of hydrogen-bond acceptors (Lipinski definition) is 5. The summed E-state index contributed by atoms with van der Waals surface area (Å²) >= 11 is 6.34. The highest BCUT2D eigenvalue weighted by Crippen LogP contribution is 2.50. The van der Waals surface area contributed by atoms with Crippen LogP contribution in [0.1, 0.15) is 50.0 Å². The molecule has 0 saturated heterocycles. The Kier molecular flexibility index (Phi) is 6.43. The average molecular weight is 496 g/mol. The second kappa shape index (κ2) is 9.66. The number of amides is 1. The van der Waals surface area contributed by atoms with Gasteiger partial charge in [-0.25, -0.2) is 4.39 Å². The summed E-state index contributed by atoms with van der Waals surface area (Å²) in [5.74, 6) is -0.385. The van der Waals surface area contributed by atoms with E-state index < -0.39 is 24.2 Å². The summed E-state index contributed by atoms with van der Waals surface area (Å²) in [4.78, 5) is 38.6. The van der Waals surface area contributed by atoms with E-state index in [4.69, 9.17) is 21.1 Å². The number of nitrogens with one attached hydrogen (secondary N) is 1. The van der Waals surface area contributed by atoms with E-state index in [1.54, 1.807) is 24.3 Å². The van der Waals surface area contributed by atoms with Gasteiger partial charge in [0.05, 0.1) is 11.6 Å². The fraction of sp³-hybridized carbons (Fsp3) is 0.296. The molecule has 0 atom stereocenters. The lowest BCUT2D eigenvalue weighted by molar-refractivity contribution is -0.119. The van der Waals surface area contributed by atoms with Crippen molar-refractivity contribution in [2.24, 2.45) is 0 Å². The molecular formula is C27H23ClFNO5. The van der Waals surface area contributed by atoms with Crippen LogP contribution in [0.25, 0.3) is 0 Å². The minimum atomic E-state index is -0.669. The van der Waals surface area contributed by atoms with Gasteiger partial charge in [-0.3, -0.25) is 14.4 Å². The number of carbonyl (C=O) groups is 3. The number of anilines is 1. The highest BCUT2D eigenvalue weighted by Gasteiger charge is 2.42. The summed E-state index contributed by atoms with van der Waals surface area (Å²) in [5.41, 5.74) is 1.51. The lowest BCUT2D eigenvalue weighted by atomic mass is 9.73. The fourth-order valence-corrected chi connectivity index (χ4v) is 5.08. The summed E-state index contributed by atoms with van der Waals surface area (Å²) < 4.78 is 25.8. The fourth-order valence-electron chi connectivity index (χ4n) is 4.90. The third-order valence-electron chi connectivity index (χ3n) is 6.43. The maximum absolute atomic E-state index is 13.9. The van der Waals surface area contributed by atoms with Crippen molar-refractivity contribution >= 4 is 34.8 Å². The summed E-state index contributed by atoms with van der Waals surface area (Å²) in [5, 5.41) is 2.89. The summed E-state index contributed by atoms with van der Waals surface area (Å²) in [7, 11) is 0. The molecule has 3 aliphatic rings. The Hall–Kier alpha value is -3.45. The van der Waals surface area contributed by atoms with Gasteiger partial charge in [-0.15, -0.1) is 0 Å². The van der Waals surface area contributed by atoms with Crippen LogP contribution in [0.15, 0.2) is 65.1 Å². The van der Waals surface area contributed by atoms with Gasteiger partial charge in [-0.05, 0) is 43.2 Å². The van der Waals surface area contributed by atoms with Gasteiger partial charge < -0.3 is 14.8 Å². The minimum Gasteiger partial charge on any atom is -0.483 e. The lowest BCUT2D eigenvalue weighted by Gasteiger charge is -2.36. The molecule has 2 aliphatic carbocycles. The highest BCUT2D eigenvalue weighted by atomic mass is 35.5. The van der Waals surface area contributed by atoms with E-state index in [0.717, 1.165) is 0 Å². The van der Waals surface area contributed by atoms with Crippen LogP contribution >= 0.6 is 11.6 Å². The lowest BCUT2D eigenvalue weighted by Crippen LogP contribution is -2.30. The van der Waals surface area contributed by atoms with Gasteiger partial charge in [-0.1, -0.05) is 23.7 Å². The van der Waals surface area contributed by atoms with Gasteiger partial charge in [0.2, 0.25) is 0 Å². The molecule has 0 spiro atoms. The molecule has 8 heteroatoms. The average Bonchev–Trinajstić information content (AvgIpc) is 2.84. The second-order valence-electron chi connectivity index (χ2n) is 8.76. The van der Waals surface area contributed by atoms with Crippen LogP contribution in [0, 0.1) is 5.82 Å². The highest BCUT2D eigenvalue weighted by molar-refractivity contribution is 6.30. The molecular weight excluding hydrogens is 473 g/mol. The first-order valence-electron chi connectivity index (χ1n) is 11.6. The molecule has 180 valence electrons. The maximum atomic E-state index is 13.9. The van der Waals surface area contributed by atoms with Crippen molar-refractivity contribution in [2.45, 2.75) is 44.4 Å². The van der Waals surface area contributed by atoms with Gasteiger partial charge in [0.25, 0.3) is 5.91 Å². The Labute approximate surface area is 206 Å². The SMILES string of the molecule is O=C(COc1ccc(Cl)cc1C1C2=C(CCCC2=O)OC2=C1C(=O)CCC2)Nc1ccccc1F. The first kappa shape index (κ1) is 23.3. The van der Waals surface area contributed by atoms with Gasteiger partial charge >= 0.3 is 0 Å². The van der Waals surface area contributed by atoms with Gasteiger partial charge in [-0.2, -0.15) is 0 Å². The molecule has 5 rings (SSSR count). The van der Waals surface area contributed by atoms with Gasteiger partial charge in [0.1, 0.15) is 23.1 Å². The maximum Gasteiger partial charge on any atom is 0.262 e. The molecule has 6 nitrogen and oxygen atoms in total. The smallest absolute Gasteiger partial charge is 0.262 e. The Balaban J connectivity index is 1.49. The van der Waals surface area contributed by atoms with Crippen LogP contribution in [0.2, 0.25) is 5.02 Å². The molecule has 1 N–H and O–H groups in total. The number of ketones is 2. The molecule has 0 saturated carbocycles. The molecule has 0 aromatic heterocycles. The molecule has 35 heavy (non-hydrogen) atoms. The molecule has 0 bridgehead atoms. The van der Waals surface area contributed by atoms with Crippen molar-refractivity contribution in [2.75, 3.05) is 11.9 Å². The van der Waals surface area contributed by atoms with Gasteiger partial charge in [0.15, 0.2) is 18.2 Å². The molecule has 0 unspecified atom stereocenters. The largest absolute Gasteiger partial charge is 0.483 e. The molecule has 2 aromatic carbocycles. The number of ether oxygens (including phenoxy) is 2. The Morgan fingerprint density at radius 2 is 1.66 bits per heavy atom. The van der Waals surface area contributed by atoms with Crippen molar-refractivity contribution in [3.8, 4) is 5.75 Å². The predicted octanol–water partition coefficient (Wildman–Crippen LogP) is 5.62. The van der Waals surface area contributed by atoms with E-state index in [-0.39, 0.29) is 17.3 Å². The van der Waals surface area contributed by atoms with E-state index in [0.29, 0.717) is 77.5 Å². The van der Waals surface area contributed by atoms with Crippen LogP contribution in [0.5, 0.6) is 5.75 Å². The number of hydrogen-bond donors (Lipinski definition) is 1. The Bertz CT molecular complexity index is 1260. The second-order valence-corrected chi connectivity index (χ2v) is 9.20. The zero-order valence-electron chi connectivity index (χ0n) is 18.9. The topological polar surface area (TPSA) is 81.7 Å². The number of benzene rings is 2. The standard InChI is InChI=1S/C27H23ClFNO5/c28-15-11-12-21(34-14-24(33)30-18-6-2-1-5-17(18)29)16(13-15)25-26-19(31)7-3-9-22(26)35-23-10-4-8-20(32)27(23)25/h1-2,5-6,11-13,25H,3-4,7-10,14H2,(H,30,33). The van der Waals surface area contributed by atoms with E-state index in [2.05, 4.69) is 5.32 Å². The van der Waals surface area contributed by atoms with Crippen molar-refractivity contribution < 1.29 is 28.2 Å². The van der Waals surface area contributed by atoms with Crippen LogP contribution in [-0.4, -0.2) is 24.1 Å². The van der Waals surface area contributed by atoms with E-state index >= 15 is 0 Å². The van der Waals surface area contributed by atoms with Crippen LogP contribution in [-0.2, 0) is 19.1 Å². The first-order valence-corrected chi connectivity index (χ1v) is 12.0. The van der Waals surface area contributed by atoms with Crippen molar-refractivity contribution in [1.82, 2.24) is 0 Å². The van der Waals surface area contributed by atoms with E-state index in [9.17, 15) is 18.8 Å². The predicted molar refractivity (Wildman–Crippen MR) is 128 cm³/mol. The molecule has 1 heterocycles. The molecule has 0 fully saturated rings. The molecule has 0 radical (unpaired) electrons. The number of Topliss-reactive ketones (excluding diaryl/α,β-unsaturated/α-hetero) is 2. The minimum absolute atomic E-state index is 0.0482. The summed E-state index contributed by atoms with van der Waals surface area (Å²) in [6.07, 6.45) is 3.36. The number of para-hydroxylation sites is 1. The number of carbonyl (C=O) groups excluding carboxylic acids is 3. The van der Waals surface area contributed by atoms with Crippen molar-refractivity contribution in [1.29, 1.82) is 0 Å². The van der Waals surface area contributed by atoms with Crippen LogP contribution in [0.3, 0.4) is 0 Å². The van der Waals surface area contributed by atoms with Crippen LogP contribution < -0.4 is 10.1 Å². The third-order valence-corrected chi connectivity index (χ3v) is 6.67. The van der Waals surface area contributed by atoms with E-state index in [1.165, 1.54) is 18.2 Å². The molecule has 1 aliphatic heterocycles. The Morgan fingerprint density at radius 1 is 1.00 bits per heavy atom. The van der Waals surface area contributed by atoms with Crippen LogP contribution in [0.4, 0.5) is 10.1 Å². The quantitative estimate of drug-likeness (QED) is 0.581. The van der Waals surface area contributed by atoms with Gasteiger partial charge in [0, 0.05) is 47.4 Å². The number of rotatable bonds is 5. The summed E-state index contributed by atoms with van der Waals surface area (Å²) in [6.45, 7) is -0.397. The molecule has 1 amide bonds. The zero-order chi connectivity index (χ0) is 24.5. The number of halogens is 2. The number of allylic oxidation sites excluding steroid dienone is 4. The summed E-state index contributed by atoms with van der Waals surface area (Å²) in [6, 6.07) is 10.7. The van der Waals surface area contributed by atoms with Crippen molar-refractivity contribution in [3.05, 3.63) is 81.5 Å². The zero-order valence-corrected chi connectivity index (χ0v) is 19.6. The monoisotopic (exact) mass is 495 g/mol. The molecule has 2 aromatic rings. The third kappa shape index (κ3) is 4.60.